The van der Waals surface area contributed by atoms with Crippen LogP contribution in [0.15, 0.2) is 65.2 Å². The SMILES string of the molecule is COc1cc2c3cc1OCC(=O)NCCCOc1cccc(c1)C2N(C(=O)c1ccc(-c2noc(C(C)C)n2)cc1)CC3. The maximum absolute atomic E-state index is 14.1. The van der Waals surface area contributed by atoms with E-state index in [4.69, 9.17) is 18.7 Å². The number of methoxy groups -OCH3 is 1. The fourth-order valence-corrected chi connectivity index (χ4v) is 5.45. The Morgan fingerprint density at radius 3 is 2.70 bits per heavy atom. The minimum absolute atomic E-state index is 0.102. The summed E-state index contributed by atoms with van der Waals surface area (Å²) in [5.41, 5.74) is 4.21. The van der Waals surface area contributed by atoms with E-state index in [1.807, 2.05) is 67.3 Å². The normalized spacial score (nSPS) is 16.8. The van der Waals surface area contributed by atoms with Crippen LogP contribution in [0.4, 0.5) is 0 Å². The van der Waals surface area contributed by atoms with Crippen LogP contribution in [0.3, 0.4) is 0 Å². The van der Waals surface area contributed by atoms with Gasteiger partial charge in [0.15, 0.2) is 18.1 Å². The van der Waals surface area contributed by atoms with Gasteiger partial charge in [-0.05, 0) is 65.9 Å². The number of amides is 2. The Hall–Kier alpha value is -4.86. The molecule has 1 N–H and O–H groups in total. The molecule has 43 heavy (non-hydrogen) atoms. The predicted molar refractivity (Wildman–Crippen MR) is 158 cm³/mol. The van der Waals surface area contributed by atoms with Crippen LogP contribution in [0, 0.1) is 0 Å². The van der Waals surface area contributed by atoms with E-state index in [0.29, 0.717) is 67.1 Å². The molecule has 10 heteroatoms. The second-order valence-corrected chi connectivity index (χ2v) is 11.0. The van der Waals surface area contributed by atoms with E-state index in [2.05, 4.69) is 15.5 Å². The molecule has 1 aromatic heterocycles. The van der Waals surface area contributed by atoms with Gasteiger partial charge < -0.3 is 29.0 Å². The van der Waals surface area contributed by atoms with E-state index < -0.39 is 6.04 Å². The van der Waals surface area contributed by atoms with Crippen LogP contribution >= 0.6 is 0 Å². The molecule has 4 aromatic rings. The van der Waals surface area contributed by atoms with Crippen LogP contribution in [0.5, 0.6) is 17.2 Å². The average Bonchev–Trinajstić information content (AvgIpc) is 3.53. The Bertz CT molecular complexity index is 1630. The summed E-state index contributed by atoms with van der Waals surface area (Å²) < 4.78 is 22.9. The summed E-state index contributed by atoms with van der Waals surface area (Å²) in [5, 5.41) is 6.95. The van der Waals surface area contributed by atoms with Gasteiger partial charge in [-0.3, -0.25) is 9.59 Å². The molecule has 0 radical (unpaired) electrons. The fourth-order valence-electron chi connectivity index (χ4n) is 5.45. The van der Waals surface area contributed by atoms with Gasteiger partial charge in [-0.25, -0.2) is 0 Å². The van der Waals surface area contributed by atoms with Crippen molar-refractivity contribution < 1.29 is 28.3 Å². The quantitative estimate of drug-likeness (QED) is 0.360. The van der Waals surface area contributed by atoms with Gasteiger partial charge in [0.1, 0.15) is 5.75 Å². The minimum atomic E-state index is -0.399. The van der Waals surface area contributed by atoms with Crippen LogP contribution in [-0.4, -0.2) is 60.3 Å². The monoisotopic (exact) mass is 582 g/mol. The van der Waals surface area contributed by atoms with Crippen molar-refractivity contribution >= 4 is 11.8 Å². The van der Waals surface area contributed by atoms with Crippen LogP contribution in [-0.2, 0) is 11.2 Å². The van der Waals surface area contributed by atoms with Crippen molar-refractivity contribution in [2.24, 2.45) is 0 Å². The molecule has 2 amide bonds. The Balaban J connectivity index is 1.38. The van der Waals surface area contributed by atoms with Gasteiger partial charge in [-0.1, -0.05) is 43.3 Å². The molecule has 0 fully saturated rings. The maximum Gasteiger partial charge on any atom is 0.257 e. The number of benzene rings is 3. The molecule has 1 atom stereocenters. The molecular formula is C33H34N4O6. The van der Waals surface area contributed by atoms with Gasteiger partial charge >= 0.3 is 0 Å². The smallest absolute Gasteiger partial charge is 0.257 e. The molecule has 0 saturated carbocycles. The average molecular weight is 583 g/mol. The third-order valence-electron chi connectivity index (χ3n) is 7.68. The summed E-state index contributed by atoms with van der Waals surface area (Å²) >= 11 is 0. The first-order valence-electron chi connectivity index (χ1n) is 14.5. The van der Waals surface area contributed by atoms with Crippen molar-refractivity contribution in [2.75, 3.05) is 33.4 Å². The zero-order valence-electron chi connectivity index (χ0n) is 24.5. The number of carbonyl (C=O) groups is 2. The summed E-state index contributed by atoms with van der Waals surface area (Å²) in [6, 6.07) is 18.6. The van der Waals surface area contributed by atoms with E-state index in [1.54, 1.807) is 19.2 Å². The van der Waals surface area contributed by atoms with Gasteiger partial charge in [0.2, 0.25) is 11.7 Å². The highest BCUT2D eigenvalue weighted by Crippen LogP contribution is 2.42. The second-order valence-electron chi connectivity index (χ2n) is 11.0. The molecule has 10 nitrogen and oxygen atoms in total. The first-order chi connectivity index (χ1) is 20.9. The third kappa shape index (κ3) is 5.90. The van der Waals surface area contributed by atoms with Crippen molar-refractivity contribution in [3.63, 3.8) is 0 Å². The lowest BCUT2D eigenvalue weighted by molar-refractivity contribution is -0.123. The first-order valence-corrected chi connectivity index (χ1v) is 14.5. The van der Waals surface area contributed by atoms with E-state index >= 15 is 0 Å². The van der Waals surface area contributed by atoms with Crippen molar-refractivity contribution in [2.45, 2.75) is 38.6 Å². The Morgan fingerprint density at radius 1 is 1.09 bits per heavy atom. The molecule has 7 rings (SSSR count). The van der Waals surface area contributed by atoms with Gasteiger partial charge in [0.05, 0.1) is 19.8 Å². The molecule has 222 valence electrons. The van der Waals surface area contributed by atoms with E-state index in [-0.39, 0.29) is 24.3 Å². The Labute approximate surface area is 249 Å². The highest BCUT2D eigenvalue weighted by atomic mass is 16.5. The molecule has 0 spiro atoms. The number of fused-ring (bicyclic) bond motifs is 8. The van der Waals surface area contributed by atoms with Crippen LogP contribution in [0.2, 0.25) is 0 Å². The number of hydrogen-bond donors (Lipinski definition) is 1. The number of hydrogen-bond acceptors (Lipinski definition) is 8. The Morgan fingerprint density at radius 2 is 1.93 bits per heavy atom. The van der Waals surface area contributed by atoms with Crippen molar-refractivity contribution in [3.05, 3.63) is 88.8 Å². The van der Waals surface area contributed by atoms with Gasteiger partial charge in [-0.2, -0.15) is 4.98 Å². The number of carbonyl (C=O) groups excluding carboxylic acids is 2. The van der Waals surface area contributed by atoms with E-state index in [1.165, 1.54) is 0 Å². The van der Waals surface area contributed by atoms with Crippen molar-refractivity contribution in [3.8, 4) is 28.6 Å². The lowest BCUT2D eigenvalue weighted by atomic mass is 9.87. The summed E-state index contributed by atoms with van der Waals surface area (Å²) in [4.78, 5) is 32.9. The standard InChI is InChI=1S/C33H34N4O6/c1-20(2)32-35-31(36-43-32)21-8-10-22(11-9-21)33(39)37-14-12-23-17-28-27(40-3)18-26(23)30(37)24-6-4-7-25(16-24)41-15-5-13-34-29(38)19-42-28/h4,6-11,16-18,20,30H,5,12-15,19H2,1-3H3,(H,34,38). The van der Waals surface area contributed by atoms with Crippen LogP contribution in [0.1, 0.15) is 65.2 Å². The number of rotatable bonds is 4. The lowest BCUT2D eigenvalue weighted by Crippen LogP contribution is -2.40. The summed E-state index contributed by atoms with van der Waals surface area (Å²) in [6.45, 7) is 5.26. The molecule has 1 unspecified atom stereocenters. The lowest BCUT2D eigenvalue weighted by Gasteiger charge is -2.38. The topological polar surface area (TPSA) is 116 Å². The number of ether oxygens (including phenoxy) is 3. The van der Waals surface area contributed by atoms with Gasteiger partial charge in [0, 0.05) is 30.1 Å². The largest absolute Gasteiger partial charge is 0.494 e. The molecule has 4 heterocycles. The molecular weight excluding hydrogens is 548 g/mol. The van der Waals surface area contributed by atoms with Crippen LogP contribution in [0.25, 0.3) is 11.4 Å². The summed E-state index contributed by atoms with van der Waals surface area (Å²) in [7, 11) is 1.57. The molecule has 6 bridgehead atoms. The molecule has 0 aliphatic carbocycles. The minimum Gasteiger partial charge on any atom is -0.494 e. The van der Waals surface area contributed by atoms with E-state index in [0.717, 1.165) is 22.3 Å². The number of nitrogens with one attached hydrogen (secondary N) is 1. The summed E-state index contributed by atoms with van der Waals surface area (Å²) in [6.07, 6.45) is 1.25. The Kier molecular flexibility index (Phi) is 8.00. The number of aromatic nitrogens is 2. The maximum atomic E-state index is 14.1. The first kappa shape index (κ1) is 28.3. The highest BCUT2D eigenvalue weighted by molar-refractivity contribution is 5.95. The second kappa shape index (κ2) is 12.2. The fraction of sp³-hybridized carbons (Fsp3) is 0.333. The van der Waals surface area contributed by atoms with E-state index in [9.17, 15) is 9.59 Å². The van der Waals surface area contributed by atoms with Gasteiger partial charge in [0.25, 0.3) is 11.8 Å². The van der Waals surface area contributed by atoms with Gasteiger partial charge in [-0.15, -0.1) is 0 Å². The van der Waals surface area contributed by atoms with Crippen molar-refractivity contribution in [1.29, 1.82) is 0 Å². The van der Waals surface area contributed by atoms with Crippen LogP contribution < -0.4 is 19.5 Å². The third-order valence-corrected chi connectivity index (χ3v) is 7.68. The number of nitrogens with zero attached hydrogens (tertiary/aromatic N) is 3. The zero-order chi connectivity index (χ0) is 29.9. The molecule has 3 aromatic carbocycles. The summed E-state index contributed by atoms with van der Waals surface area (Å²) in [5.74, 6) is 2.57. The zero-order valence-corrected chi connectivity index (χ0v) is 24.5. The predicted octanol–water partition coefficient (Wildman–Crippen LogP) is 4.93. The van der Waals surface area contributed by atoms with Crippen molar-refractivity contribution in [1.82, 2.24) is 20.4 Å². The molecule has 0 saturated heterocycles. The molecule has 3 aliphatic heterocycles. The highest BCUT2D eigenvalue weighted by Gasteiger charge is 2.34. The molecule has 3 aliphatic rings.